The van der Waals surface area contributed by atoms with Crippen LogP contribution in [0.15, 0.2) is 144 Å². The van der Waals surface area contributed by atoms with Gasteiger partial charge in [0.2, 0.25) is 5.91 Å². The number of anilines is 2. The smallest absolute Gasteiger partial charge is 0.324 e. The first-order valence-electron chi connectivity index (χ1n) is 14.5. The first-order chi connectivity index (χ1) is 23.1. The van der Waals surface area contributed by atoms with Crippen molar-refractivity contribution in [2.45, 2.75) is 16.3 Å². The Kier molecular flexibility index (Phi) is 10.7. The molecule has 0 aliphatic heterocycles. The van der Waals surface area contributed by atoms with E-state index in [1.54, 1.807) is 91.0 Å². The summed E-state index contributed by atoms with van der Waals surface area (Å²) in [5, 5.41) is 6.75. The minimum Gasteiger partial charge on any atom is -0.324 e. The highest BCUT2D eigenvalue weighted by Gasteiger charge is 2.34. The topological polar surface area (TPSA) is 87.3 Å². The molecule has 11 heteroatoms. The molecular weight excluding hydrogens is 642 g/mol. The highest BCUT2D eigenvalue weighted by molar-refractivity contribution is 8.00. The van der Waals surface area contributed by atoms with E-state index in [4.69, 9.17) is 0 Å². The molecule has 5 rings (SSSR count). The van der Waals surface area contributed by atoms with Gasteiger partial charge in [-0.3, -0.25) is 14.4 Å². The molecule has 3 amide bonds. The fourth-order valence-corrected chi connectivity index (χ4v) is 5.60. The number of benzene rings is 5. The molecule has 242 valence electrons. The monoisotopic (exact) mass is 669 g/mol. The van der Waals surface area contributed by atoms with Crippen LogP contribution in [-0.2, 0) is 15.8 Å². The van der Waals surface area contributed by atoms with E-state index in [0.717, 1.165) is 17.8 Å². The number of carbonyl (C=O) groups is 3. The van der Waals surface area contributed by atoms with Crippen LogP contribution in [0.2, 0.25) is 0 Å². The predicted octanol–water partition coefficient (Wildman–Crippen LogP) is 8.73. The molecule has 0 fully saturated rings. The van der Waals surface area contributed by atoms with Crippen molar-refractivity contribution >= 4 is 46.9 Å². The summed E-state index contributed by atoms with van der Waals surface area (Å²) in [6.07, 6.45) is -3.43. The van der Waals surface area contributed by atoms with Gasteiger partial charge in [-0.1, -0.05) is 78.9 Å². The Labute approximate surface area is 277 Å². The zero-order valence-corrected chi connectivity index (χ0v) is 25.8. The molecular formula is C37H27F4N3O3S. The van der Waals surface area contributed by atoms with E-state index < -0.39 is 40.5 Å². The van der Waals surface area contributed by atoms with Gasteiger partial charge in [-0.2, -0.15) is 13.2 Å². The minimum atomic E-state index is -4.66. The van der Waals surface area contributed by atoms with E-state index in [2.05, 4.69) is 16.0 Å². The fourth-order valence-electron chi connectivity index (χ4n) is 4.58. The normalized spacial score (nSPS) is 12.1. The molecule has 0 aliphatic rings. The molecule has 0 aromatic heterocycles. The van der Waals surface area contributed by atoms with Crippen LogP contribution >= 0.6 is 11.8 Å². The molecule has 3 N–H and O–H groups in total. The highest BCUT2D eigenvalue weighted by Crippen LogP contribution is 2.39. The van der Waals surface area contributed by atoms with Crippen molar-refractivity contribution in [2.24, 2.45) is 0 Å². The van der Waals surface area contributed by atoms with E-state index in [1.807, 2.05) is 0 Å². The average molecular weight is 670 g/mol. The van der Waals surface area contributed by atoms with Gasteiger partial charge in [-0.15, -0.1) is 11.8 Å². The number of alkyl halides is 3. The minimum absolute atomic E-state index is 0.0887. The second kappa shape index (κ2) is 15.3. The molecule has 0 heterocycles. The summed E-state index contributed by atoms with van der Waals surface area (Å²) < 4.78 is 55.2. The average Bonchev–Trinajstić information content (AvgIpc) is 3.09. The maximum atomic E-state index is 14.5. The molecule has 1 unspecified atom stereocenters. The molecule has 6 nitrogen and oxygen atoms in total. The zero-order valence-electron chi connectivity index (χ0n) is 25.0. The first-order valence-corrected chi connectivity index (χ1v) is 15.4. The molecule has 48 heavy (non-hydrogen) atoms. The number of nitrogens with one attached hydrogen (secondary N) is 3. The fraction of sp³-hybridized carbons (Fsp3) is 0.0541. The molecule has 0 saturated carbocycles. The summed E-state index contributed by atoms with van der Waals surface area (Å²) in [7, 11) is 0. The molecule has 5 aromatic rings. The van der Waals surface area contributed by atoms with Gasteiger partial charge < -0.3 is 16.0 Å². The first kappa shape index (κ1) is 33.7. The number of thioether (sulfide) groups is 1. The van der Waals surface area contributed by atoms with E-state index >= 15 is 0 Å². The molecule has 0 saturated heterocycles. The lowest BCUT2D eigenvalue weighted by atomic mass is 10.1. The van der Waals surface area contributed by atoms with Crippen molar-refractivity contribution in [1.29, 1.82) is 0 Å². The van der Waals surface area contributed by atoms with Gasteiger partial charge in [0.05, 0.1) is 11.3 Å². The van der Waals surface area contributed by atoms with Crippen LogP contribution in [0.4, 0.5) is 28.9 Å². The summed E-state index contributed by atoms with van der Waals surface area (Å²) in [6, 6.07) is 33.8. The lowest BCUT2D eigenvalue weighted by Crippen LogP contribution is -2.30. The third kappa shape index (κ3) is 8.77. The van der Waals surface area contributed by atoms with Gasteiger partial charge in [0, 0.05) is 21.7 Å². The summed E-state index contributed by atoms with van der Waals surface area (Å²) >= 11 is 1.11. The summed E-state index contributed by atoms with van der Waals surface area (Å²) in [6.45, 7) is 0. The third-order valence-corrected chi connectivity index (χ3v) is 8.20. The van der Waals surface area contributed by atoms with Crippen LogP contribution in [0.3, 0.4) is 0 Å². The van der Waals surface area contributed by atoms with Gasteiger partial charge in [-0.05, 0) is 66.2 Å². The third-order valence-electron chi connectivity index (χ3n) is 6.93. The number of carbonyl (C=O) groups excluding carboxylic acids is 3. The summed E-state index contributed by atoms with van der Waals surface area (Å²) in [4.78, 5) is 40.2. The van der Waals surface area contributed by atoms with Crippen molar-refractivity contribution < 1.29 is 31.9 Å². The van der Waals surface area contributed by atoms with Crippen molar-refractivity contribution in [3.63, 3.8) is 0 Å². The number of rotatable bonds is 10. The Morgan fingerprint density at radius 3 is 1.96 bits per heavy atom. The van der Waals surface area contributed by atoms with Crippen molar-refractivity contribution in [3.05, 3.63) is 167 Å². The molecule has 0 spiro atoms. The number of halogens is 4. The van der Waals surface area contributed by atoms with Crippen LogP contribution in [0, 0.1) is 5.82 Å². The predicted molar refractivity (Wildman–Crippen MR) is 178 cm³/mol. The molecule has 1 atom stereocenters. The molecule has 5 aromatic carbocycles. The Balaban J connectivity index is 1.35. The number of hydrogen-bond acceptors (Lipinski definition) is 4. The second-order valence-corrected chi connectivity index (χ2v) is 11.5. The van der Waals surface area contributed by atoms with Crippen LogP contribution in [-0.4, -0.2) is 17.7 Å². The molecule has 0 bridgehead atoms. The molecule has 0 aliphatic carbocycles. The van der Waals surface area contributed by atoms with Crippen molar-refractivity contribution in [2.75, 3.05) is 10.6 Å². The SMILES string of the molecule is O=C(Nc1ccc(SC(C(=O)Nc2ccccc2C(F)(F)F)c2ccccc2)cc1)/C(=C/c1ccccc1F)NC(=O)c1ccccc1. The quantitative estimate of drug-likeness (QED) is 0.0789. The number of hydrogen-bond donors (Lipinski definition) is 3. The van der Waals surface area contributed by atoms with Gasteiger partial charge >= 0.3 is 6.18 Å². The van der Waals surface area contributed by atoms with Crippen molar-refractivity contribution in [3.8, 4) is 0 Å². The summed E-state index contributed by atoms with van der Waals surface area (Å²) in [5.74, 6) is -2.52. The van der Waals surface area contributed by atoms with E-state index in [-0.39, 0.29) is 16.9 Å². The van der Waals surface area contributed by atoms with Crippen LogP contribution in [0.1, 0.15) is 32.3 Å². The lowest BCUT2D eigenvalue weighted by Gasteiger charge is -2.19. The number of para-hydroxylation sites is 1. The number of amides is 3. The lowest BCUT2D eigenvalue weighted by molar-refractivity contribution is -0.137. The Hall–Kier alpha value is -5.68. The maximum Gasteiger partial charge on any atom is 0.418 e. The largest absolute Gasteiger partial charge is 0.418 e. The van der Waals surface area contributed by atoms with Crippen LogP contribution < -0.4 is 16.0 Å². The Morgan fingerprint density at radius 1 is 0.688 bits per heavy atom. The van der Waals surface area contributed by atoms with E-state index in [0.29, 0.717) is 21.7 Å². The van der Waals surface area contributed by atoms with Gasteiger partial charge in [0.25, 0.3) is 11.8 Å². The maximum absolute atomic E-state index is 14.5. The second-order valence-electron chi connectivity index (χ2n) is 10.3. The van der Waals surface area contributed by atoms with Gasteiger partial charge in [0.1, 0.15) is 16.8 Å². The van der Waals surface area contributed by atoms with E-state index in [9.17, 15) is 31.9 Å². The van der Waals surface area contributed by atoms with Crippen LogP contribution in [0.5, 0.6) is 0 Å². The standard InChI is InChI=1S/C37H27F4N3O3S/c38-30-17-9-7-15-26(30)23-32(44-34(45)25-13-5-2-6-14-25)35(46)42-27-19-21-28(22-20-27)48-33(24-11-3-1-4-12-24)36(47)43-31-18-10-8-16-29(31)37(39,40)41/h1-23,33H,(H,42,46)(H,43,47)(H,44,45)/b32-23-. The summed E-state index contributed by atoms with van der Waals surface area (Å²) in [5.41, 5.74) is -0.230. The zero-order chi connectivity index (χ0) is 34.1. The van der Waals surface area contributed by atoms with Gasteiger partial charge in [0.15, 0.2) is 0 Å². The Morgan fingerprint density at radius 2 is 1.29 bits per heavy atom. The van der Waals surface area contributed by atoms with E-state index in [1.165, 1.54) is 42.5 Å². The Bertz CT molecular complexity index is 1930. The highest BCUT2D eigenvalue weighted by atomic mass is 32.2. The van der Waals surface area contributed by atoms with Gasteiger partial charge in [-0.25, -0.2) is 4.39 Å². The molecule has 0 radical (unpaired) electrons. The van der Waals surface area contributed by atoms with Crippen molar-refractivity contribution in [1.82, 2.24) is 5.32 Å². The van der Waals surface area contributed by atoms with Crippen LogP contribution in [0.25, 0.3) is 6.08 Å².